The minimum atomic E-state index is -0.257. The van der Waals surface area contributed by atoms with Gasteiger partial charge in [0.05, 0.1) is 0 Å². The average molecular weight is 307 g/mol. The van der Waals surface area contributed by atoms with Crippen LogP contribution in [0.5, 0.6) is 0 Å². The highest BCUT2D eigenvalue weighted by atomic mass is 19.1. The van der Waals surface area contributed by atoms with Gasteiger partial charge in [0, 0.05) is 40.5 Å². The molecule has 2 heterocycles. The number of H-pyrrole nitrogens is 2. The van der Waals surface area contributed by atoms with Crippen molar-refractivity contribution in [2.24, 2.45) is 0 Å². The maximum absolute atomic E-state index is 13.3. The number of hydrogen-bond acceptors (Lipinski definition) is 1. The van der Waals surface area contributed by atoms with Crippen LogP contribution in [0.1, 0.15) is 6.92 Å². The van der Waals surface area contributed by atoms with E-state index >= 15 is 0 Å². The number of hydrogen-bond donors (Lipinski definition) is 3. The number of halogens is 1. The van der Waals surface area contributed by atoms with Crippen LogP contribution in [0, 0.1) is 5.82 Å². The van der Waals surface area contributed by atoms with E-state index < -0.39 is 0 Å². The molecule has 23 heavy (non-hydrogen) atoms. The molecule has 0 atom stereocenters. The fraction of sp³-hybridized carbons (Fsp3) is 0.0556. The van der Waals surface area contributed by atoms with Crippen LogP contribution in [0.25, 0.3) is 32.9 Å². The molecular weight excluding hydrogens is 293 g/mol. The van der Waals surface area contributed by atoms with Gasteiger partial charge in [0.1, 0.15) is 11.6 Å². The molecule has 1 amide bonds. The molecule has 0 saturated heterocycles. The number of nitrogens with one attached hydrogen (secondary N) is 3. The zero-order valence-corrected chi connectivity index (χ0v) is 12.4. The Morgan fingerprint density at radius 1 is 1.09 bits per heavy atom. The minimum absolute atomic E-state index is 0.115. The SMILES string of the molecule is CC(=O)Nc1cc2cc(-c3c[nH]c4cc(F)ccc34)ccc2[nH]1. The molecule has 0 spiro atoms. The molecule has 2 aromatic carbocycles. The van der Waals surface area contributed by atoms with Crippen LogP contribution in [0.15, 0.2) is 48.7 Å². The lowest BCUT2D eigenvalue weighted by atomic mass is 10.0. The Labute approximate surface area is 131 Å². The number of amides is 1. The Bertz CT molecular complexity index is 1040. The molecule has 4 rings (SSSR count). The highest BCUT2D eigenvalue weighted by Gasteiger charge is 2.09. The Balaban J connectivity index is 1.82. The summed E-state index contributed by atoms with van der Waals surface area (Å²) < 4.78 is 13.3. The van der Waals surface area contributed by atoms with Crippen molar-refractivity contribution in [1.82, 2.24) is 9.97 Å². The van der Waals surface area contributed by atoms with Gasteiger partial charge in [-0.15, -0.1) is 0 Å². The Kier molecular flexibility index (Phi) is 2.94. The van der Waals surface area contributed by atoms with Crippen molar-refractivity contribution >= 4 is 33.5 Å². The van der Waals surface area contributed by atoms with Crippen molar-refractivity contribution in [1.29, 1.82) is 0 Å². The van der Waals surface area contributed by atoms with Crippen LogP contribution >= 0.6 is 0 Å². The summed E-state index contributed by atoms with van der Waals surface area (Å²) in [6, 6.07) is 12.6. The van der Waals surface area contributed by atoms with Gasteiger partial charge in [0.15, 0.2) is 0 Å². The lowest BCUT2D eigenvalue weighted by molar-refractivity contribution is -0.114. The zero-order valence-electron chi connectivity index (χ0n) is 12.4. The minimum Gasteiger partial charge on any atom is -0.360 e. The fourth-order valence-electron chi connectivity index (χ4n) is 2.89. The van der Waals surface area contributed by atoms with E-state index in [4.69, 9.17) is 0 Å². The Morgan fingerprint density at radius 2 is 1.96 bits per heavy atom. The first kappa shape index (κ1) is 13.6. The van der Waals surface area contributed by atoms with Gasteiger partial charge in [0.2, 0.25) is 5.91 Å². The number of carbonyl (C=O) groups is 1. The van der Waals surface area contributed by atoms with Gasteiger partial charge in [0.25, 0.3) is 0 Å². The van der Waals surface area contributed by atoms with Gasteiger partial charge in [-0.1, -0.05) is 6.07 Å². The van der Waals surface area contributed by atoms with Crippen molar-refractivity contribution < 1.29 is 9.18 Å². The van der Waals surface area contributed by atoms with E-state index in [2.05, 4.69) is 15.3 Å². The lowest BCUT2D eigenvalue weighted by Crippen LogP contribution is -2.05. The fourth-order valence-corrected chi connectivity index (χ4v) is 2.89. The van der Waals surface area contributed by atoms with E-state index in [9.17, 15) is 9.18 Å². The summed E-state index contributed by atoms with van der Waals surface area (Å²) >= 11 is 0. The summed E-state index contributed by atoms with van der Waals surface area (Å²) in [4.78, 5) is 17.4. The number of rotatable bonds is 2. The number of aromatic nitrogens is 2. The molecule has 5 heteroatoms. The van der Waals surface area contributed by atoms with E-state index in [1.165, 1.54) is 19.1 Å². The highest BCUT2D eigenvalue weighted by Crippen LogP contribution is 2.31. The number of carbonyl (C=O) groups excluding carboxylic acids is 1. The van der Waals surface area contributed by atoms with Gasteiger partial charge >= 0.3 is 0 Å². The first-order valence-electron chi connectivity index (χ1n) is 7.27. The van der Waals surface area contributed by atoms with Gasteiger partial charge in [-0.25, -0.2) is 4.39 Å². The Morgan fingerprint density at radius 3 is 2.78 bits per heavy atom. The standard InChI is InChI=1S/C18H14FN3O/c1-10(23)21-18-7-12-6-11(2-5-16(12)22-18)15-9-20-17-8-13(19)3-4-14(15)17/h2-9,20,22H,1H3,(H,21,23). The summed E-state index contributed by atoms with van der Waals surface area (Å²) in [6.45, 7) is 1.47. The van der Waals surface area contributed by atoms with Crippen LogP contribution in [-0.2, 0) is 4.79 Å². The normalized spacial score (nSPS) is 11.2. The number of aromatic amines is 2. The van der Waals surface area contributed by atoms with Crippen molar-refractivity contribution in [3.63, 3.8) is 0 Å². The molecule has 4 nitrogen and oxygen atoms in total. The molecular formula is C18H14FN3O. The molecule has 4 aromatic rings. The number of anilines is 1. The van der Waals surface area contributed by atoms with E-state index in [0.29, 0.717) is 5.82 Å². The predicted octanol–water partition coefficient (Wildman–Crippen LogP) is 4.41. The summed E-state index contributed by atoms with van der Waals surface area (Å²) in [5.74, 6) is 0.299. The third kappa shape index (κ3) is 2.36. The van der Waals surface area contributed by atoms with Crippen molar-refractivity contribution in [3.05, 3.63) is 54.5 Å². The molecule has 0 aliphatic carbocycles. The summed E-state index contributed by atoms with van der Waals surface area (Å²) in [7, 11) is 0. The van der Waals surface area contributed by atoms with Gasteiger partial charge < -0.3 is 15.3 Å². The van der Waals surface area contributed by atoms with Crippen LogP contribution in [0.2, 0.25) is 0 Å². The second-order valence-corrected chi connectivity index (χ2v) is 5.56. The second-order valence-electron chi connectivity index (χ2n) is 5.56. The number of benzene rings is 2. The van der Waals surface area contributed by atoms with Crippen molar-refractivity contribution in [2.75, 3.05) is 5.32 Å². The summed E-state index contributed by atoms with van der Waals surface area (Å²) in [5, 5.41) is 4.72. The largest absolute Gasteiger partial charge is 0.360 e. The summed E-state index contributed by atoms with van der Waals surface area (Å²) in [6.07, 6.45) is 1.88. The van der Waals surface area contributed by atoms with Gasteiger partial charge in [-0.3, -0.25) is 4.79 Å². The molecule has 0 bridgehead atoms. The third-order valence-corrected chi connectivity index (χ3v) is 3.89. The van der Waals surface area contributed by atoms with Crippen molar-refractivity contribution in [2.45, 2.75) is 6.92 Å². The van der Waals surface area contributed by atoms with E-state index in [1.807, 2.05) is 30.5 Å². The lowest BCUT2D eigenvalue weighted by Gasteiger charge is -2.00. The molecule has 0 radical (unpaired) electrons. The predicted molar refractivity (Wildman–Crippen MR) is 89.9 cm³/mol. The van der Waals surface area contributed by atoms with Crippen LogP contribution in [0.4, 0.5) is 10.2 Å². The maximum Gasteiger partial charge on any atom is 0.222 e. The van der Waals surface area contributed by atoms with E-state index in [-0.39, 0.29) is 11.7 Å². The first-order chi connectivity index (χ1) is 11.1. The summed E-state index contributed by atoms with van der Waals surface area (Å²) in [5.41, 5.74) is 3.77. The molecule has 114 valence electrons. The van der Waals surface area contributed by atoms with E-state index in [0.717, 1.165) is 32.9 Å². The topological polar surface area (TPSA) is 60.7 Å². The third-order valence-electron chi connectivity index (χ3n) is 3.89. The zero-order chi connectivity index (χ0) is 16.0. The quantitative estimate of drug-likeness (QED) is 0.504. The smallest absolute Gasteiger partial charge is 0.222 e. The molecule has 0 unspecified atom stereocenters. The monoisotopic (exact) mass is 307 g/mol. The maximum atomic E-state index is 13.3. The van der Waals surface area contributed by atoms with Crippen LogP contribution < -0.4 is 5.32 Å². The second kappa shape index (κ2) is 4.98. The molecule has 0 aliphatic rings. The molecule has 2 aromatic heterocycles. The molecule has 0 aliphatic heterocycles. The van der Waals surface area contributed by atoms with Gasteiger partial charge in [-0.05, 0) is 42.0 Å². The average Bonchev–Trinajstić information content (AvgIpc) is 3.08. The molecule has 3 N–H and O–H groups in total. The highest BCUT2D eigenvalue weighted by molar-refractivity contribution is 5.99. The van der Waals surface area contributed by atoms with Crippen molar-refractivity contribution in [3.8, 4) is 11.1 Å². The number of fused-ring (bicyclic) bond motifs is 2. The van der Waals surface area contributed by atoms with Gasteiger partial charge in [-0.2, -0.15) is 0 Å². The molecule has 0 saturated carbocycles. The van der Waals surface area contributed by atoms with Crippen LogP contribution in [-0.4, -0.2) is 15.9 Å². The van der Waals surface area contributed by atoms with Crippen LogP contribution in [0.3, 0.4) is 0 Å². The first-order valence-corrected chi connectivity index (χ1v) is 7.27. The molecule has 0 fully saturated rings. The van der Waals surface area contributed by atoms with E-state index in [1.54, 1.807) is 6.07 Å². The Hall–Kier alpha value is -3.08.